The summed E-state index contributed by atoms with van der Waals surface area (Å²) in [5.41, 5.74) is 1.73. The van der Waals surface area contributed by atoms with E-state index in [4.69, 9.17) is 14.2 Å². The number of aromatic amines is 1. The van der Waals surface area contributed by atoms with E-state index in [9.17, 15) is 22.8 Å². The molecule has 12 nitrogen and oxygen atoms in total. The number of aryl methyl sites for hydroxylation is 1. The number of alkyl halides is 3. The van der Waals surface area contributed by atoms with E-state index in [2.05, 4.69) is 30.2 Å². The normalized spacial score (nSPS) is 15.6. The van der Waals surface area contributed by atoms with Crippen molar-refractivity contribution in [3.05, 3.63) is 53.1 Å². The van der Waals surface area contributed by atoms with Gasteiger partial charge >= 0.3 is 12.1 Å². The number of H-pyrrole nitrogens is 1. The summed E-state index contributed by atoms with van der Waals surface area (Å²) in [5, 5.41) is 2.73. The van der Waals surface area contributed by atoms with E-state index in [1.807, 2.05) is 11.9 Å². The second kappa shape index (κ2) is 14.8. The second-order valence-corrected chi connectivity index (χ2v) is 13.4. The molecule has 1 amide bonds. The molecular formula is C36H42F3N7O5. The molecule has 2 aliphatic rings. The lowest BCUT2D eigenvalue weighted by atomic mass is 9.86. The molecule has 51 heavy (non-hydrogen) atoms. The number of esters is 1. The number of methoxy groups -OCH3 is 2. The van der Waals surface area contributed by atoms with E-state index < -0.39 is 17.6 Å². The number of carbonyl (C=O) groups is 2. The third-order valence-electron chi connectivity index (χ3n) is 9.55. The molecular weight excluding hydrogens is 667 g/mol. The van der Waals surface area contributed by atoms with Gasteiger partial charge in [0.15, 0.2) is 5.65 Å². The van der Waals surface area contributed by atoms with Crippen LogP contribution in [0, 0.1) is 5.41 Å². The number of ether oxygens (including phenoxy) is 3. The van der Waals surface area contributed by atoms with Gasteiger partial charge in [-0.15, -0.1) is 0 Å². The Morgan fingerprint density at radius 1 is 1.08 bits per heavy atom. The highest BCUT2D eigenvalue weighted by Crippen LogP contribution is 2.46. The summed E-state index contributed by atoms with van der Waals surface area (Å²) in [6, 6.07) is 4.32. The maximum Gasteiger partial charge on any atom is 0.418 e. The number of hydrogen-bond acceptors (Lipinski definition) is 10. The van der Waals surface area contributed by atoms with Gasteiger partial charge in [0.05, 0.1) is 43.0 Å². The first-order valence-corrected chi connectivity index (χ1v) is 17.1. The predicted octanol–water partition coefficient (Wildman–Crippen LogP) is 6.71. The van der Waals surface area contributed by atoms with E-state index in [0.717, 1.165) is 31.7 Å². The number of halogens is 3. The van der Waals surface area contributed by atoms with E-state index in [-0.39, 0.29) is 64.6 Å². The fourth-order valence-electron chi connectivity index (χ4n) is 6.98. The number of nitrogens with zero attached hydrogens (tertiary/aromatic N) is 5. The van der Waals surface area contributed by atoms with Gasteiger partial charge in [0, 0.05) is 68.0 Å². The summed E-state index contributed by atoms with van der Waals surface area (Å²) >= 11 is 0. The van der Waals surface area contributed by atoms with E-state index in [1.165, 1.54) is 25.6 Å². The highest BCUT2D eigenvalue weighted by molar-refractivity contribution is 6.03. The molecule has 2 N–H and O–H groups in total. The molecule has 0 saturated heterocycles. The zero-order chi connectivity index (χ0) is 36.3. The smallest absolute Gasteiger partial charge is 0.418 e. The first-order chi connectivity index (χ1) is 24.4. The summed E-state index contributed by atoms with van der Waals surface area (Å²) in [7, 11) is 5.06. The van der Waals surface area contributed by atoms with Gasteiger partial charge in [0.2, 0.25) is 5.95 Å². The van der Waals surface area contributed by atoms with Gasteiger partial charge in [-0.2, -0.15) is 18.2 Å². The van der Waals surface area contributed by atoms with Crippen molar-refractivity contribution >= 4 is 34.7 Å². The summed E-state index contributed by atoms with van der Waals surface area (Å²) in [5.74, 6) is -0.664. The molecule has 0 spiro atoms. The first-order valence-electron chi connectivity index (χ1n) is 17.1. The molecule has 0 aromatic carbocycles. The number of pyridine rings is 3. The number of amides is 1. The van der Waals surface area contributed by atoms with Crippen molar-refractivity contribution < 1.29 is 37.0 Å². The Morgan fingerprint density at radius 2 is 1.84 bits per heavy atom. The van der Waals surface area contributed by atoms with Crippen LogP contribution in [0.5, 0.6) is 5.75 Å². The Hall–Kier alpha value is -4.79. The van der Waals surface area contributed by atoms with Gasteiger partial charge < -0.3 is 24.1 Å². The molecule has 0 bridgehead atoms. The highest BCUT2D eigenvalue weighted by atomic mass is 19.4. The number of rotatable bonds is 14. The minimum absolute atomic E-state index is 0.0439. The molecule has 6 rings (SSSR count). The average molecular weight is 710 g/mol. The summed E-state index contributed by atoms with van der Waals surface area (Å²) in [6.45, 7) is 3.21. The molecule has 2 fully saturated rings. The number of carbonyl (C=O) groups excluding carboxylic acids is 2. The van der Waals surface area contributed by atoms with Crippen molar-refractivity contribution in [2.45, 2.75) is 70.4 Å². The maximum atomic E-state index is 14.2. The summed E-state index contributed by atoms with van der Waals surface area (Å²) < 4.78 is 58.7. The number of fused-ring (bicyclic) bond motifs is 1. The third kappa shape index (κ3) is 8.08. The largest absolute Gasteiger partial charge is 0.496 e. The standard InChI is InChI=1S/C36H42F3N7O5/c1-5-51-29(47)11-10-22-17-40-26(16-28(22)50-4)33(48)45-34-43-31-27(46(2)19-35(20-49-3)12-6-7-13-35)15-25(42-32(31)44-34)23-14-24(36(37,38)39)30(41-18-23)21-8-9-21/h14-18,21H,5-13,19-20H2,1-4H3,(H2,42,43,44,45,48). The van der Waals surface area contributed by atoms with Crippen LogP contribution in [0.3, 0.4) is 0 Å². The summed E-state index contributed by atoms with van der Waals surface area (Å²) in [4.78, 5) is 48.2. The predicted molar refractivity (Wildman–Crippen MR) is 184 cm³/mol. The first kappa shape index (κ1) is 36.0. The van der Waals surface area contributed by atoms with E-state index >= 15 is 0 Å². The molecule has 2 saturated carbocycles. The molecule has 272 valence electrons. The minimum Gasteiger partial charge on any atom is -0.496 e. The molecule has 15 heteroatoms. The fraction of sp³-hybridized carbons (Fsp3) is 0.500. The van der Waals surface area contributed by atoms with Crippen LogP contribution in [0.4, 0.5) is 24.8 Å². The van der Waals surface area contributed by atoms with Crippen LogP contribution >= 0.6 is 0 Å². The summed E-state index contributed by atoms with van der Waals surface area (Å²) in [6.07, 6.45) is 4.29. The Balaban J connectivity index is 1.34. The Labute approximate surface area is 293 Å². The van der Waals surface area contributed by atoms with Gasteiger partial charge in [-0.25, -0.2) is 4.98 Å². The zero-order valence-corrected chi connectivity index (χ0v) is 29.2. The number of hydrogen-bond donors (Lipinski definition) is 2. The topological polar surface area (TPSA) is 144 Å². The number of imidazole rings is 1. The van der Waals surface area contributed by atoms with E-state index in [1.54, 1.807) is 20.1 Å². The zero-order valence-electron chi connectivity index (χ0n) is 29.2. The maximum absolute atomic E-state index is 14.2. The van der Waals surface area contributed by atoms with Gasteiger partial charge in [-0.1, -0.05) is 12.8 Å². The van der Waals surface area contributed by atoms with Gasteiger partial charge in [-0.3, -0.25) is 24.9 Å². The van der Waals surface area contributed by atoms with Gasteiger partial charge in [-0.05, 0) is 51.2 Å². The lowest BCUT2D eigenvalue weighted by Crippen LogP contribution is -2.37. The Kier molecular flexibility index (Phi) is 10.5. The van der Waals surface area contributed by atoms with Crippen LogP contribution in [0.1, 0.15) is 85.1 Å². The van der Waals surface area contributed by atoms with Crippen LogP contribution in [0.15, 0.2) is 30.6 Å². The van der Waals surface area contributed by atoms with Crippen molar-refractivity contribution in [2.75, 3.05) is 51.2 Å². The monoisotopic (exact) mass is 709 g/mol. The molecule has 2 aliphatic carbocycles. The van der Waals surface area contributed by atoms with Crippen molar-refractivity contribution in [1.82, 2.24) is 24.9 Å². The average Bonchev–Trinajstić information content (AvgIpc) is 3.72. The lowest BCUT2D eigenvalue weighted by Gasteiger charge is -2.34. The highest BCUT2D eigenvalue weighted by Gasteiger charge is 2.40. The van der Waals surface area contributed by atoms with Crippen molar-refractivity contribution in [1.29, 1.82) is 0 Å². The number of aromatic nitrogens is 5. The fourth-order valence-corrected chi connectivity index (χ4v) is 6.98. The van der Waals surface area contributed by atoms with Crippen molar-refractivity contribution in [3.63, 3.8) is 0 Å². The molecule has 0 atom stereocenters. The molecule has 4 heterocycles. The minimum atomic E-state index is -4.57. The molecule has 0 radical (unpaired) electrons. The van der Waals surface area contributed by atoms with Crippen LogP contribution in [-0.2, 0) is 26.9 Å². The van der Waals surface area contributed by atoms with Crippen molar-refractivity contribution in [2.24, 2.45) is 5.41 Å². The molecule has 4 aromatic heterocycles. The Bertz CT molecular complexity index is 1900. The van der Waals surface area contributed by atoms with Crippen LogP contribution < -0.4 is 15.0 Å². The Morgan fingerprint density at radius 3 is 2.51 bits per heavy atom. The molecule has 0 unspecified atom stereocenters. The number of nitrogens with one attached hydrogen (secondary N) is 2. The molecule has 4 aromatic rings. The van der Waals surface area contributed by atoms with Crippen molar-refractivity contribution in [3.8, 4) is 17.0 Å². The van der Waals surface area contributed by atoms with E-state index in [0.29, 0.717) is 54.9 Å². The van der Waals surface area contributed by atoms with Gasteiger partial charge in [0.25, 0.3) is 5.91 Å². The van der Waals surface area contributed by atoms with Crippen LogP contribution in [-0.4, -0.2) is 77.8 Å². The SMILES string of the molecule is CCOC(=O)CCc1cnc(C(=O)Nc2nc3nc(-c4cnc(C5CC5)c(C(F)(F)F)c4)cc(N(C)CC4(COC)CCCC4)c3[nH]2)cc1OC. The van der Waals surface area contributed by atoms with Crippen LogP contribution in [0.25, 0.3) is 22.4 Å². The molecule has 0 aliphatic heterocycles. The third-order valence-corrected chi connectivity index (χ3v) is 9.55. The van der Waals surface area contributed by atoms with Gasteiger partial charge in [0.1, 0.15) is 17.0 Å². The van der Waals surface area contributed by atoms with Crippen LogP contribution in [0.2, 0.25) is 0 Å². The number of anilines is 2. The second-order valence-electron chi connectivity index (χ2n) is 13.4. The quantitative estimate of drug-likeness (QED) is 0.136. The lowest BCUT2D eigenvalue weighted by molar-refractivity contribution is -0.143.